The third-order valence-electron chi connectivity index (χ3n) is 4.63. The van der Waals surface area contributed by atoms with Gasteiger partial charge in [-0.3, -0.25) is 4.79 Å². The van der Waals surface area contributed by atoms with E-state index in [1.165, 1.54) is 6.92 Å². The predicted octanol–water partition coefficient (Wildman–Crippen LogP) is 3.54. The summed E-state index contributed by atoms with van der Waals surface area (Å²) < 4.78 is 11.9. The van der Waals surface area contributed by atoms with Gasteiger partial charge in [0.1, 0.15) is 12.2 Å². The van der Waals surface area contributed by atoms with Crippen molar-refractivity contribution in [2.75, 3.05) is 6.61 Å². The Morgan fingerprint density at radius 2 is 1.89 bits per heavy atom. The Labute approximate surface area is 167 Å². The monoisotopic (exact) mass is 389 g/mol. The highest BCUT2D eigenvalue weighted by Crippen LogP contribution is 2.37. The van der Waals surface area contributed by atoms with Gasteiger partial charge in [-0.15, -0.1) is 18.2 Å². The van der Waals surface area contributed by atoms with Crippen molar-refractivity contribution in [2.45, 2.75) is 63.7 Å². The van der Waals surface area contributed by atoms with Gasteiger partial charge in [-0.05, 0) is 32.3 Å². The van der Waals surface area contributed by atoms with Gasteiger partial charge < -0.3 is 19.4 Å². The summed E-state index contributed by atoms with van der Waals surface area (Å²) >= 11 is 0. The van der Waals surface area contributed by atoms with Gasteiger partial charge in [0, 0.05) is 6.92 Å². The first-order valence-corrected chi connectivity index (χ1v) is 9.53. The van der Waals surface area contributed by atoms with E-state index < -0.39 is 30.0 Å². The van der Waals surface area contributed by atoms with Crippen molar-refractivity contribution in [1.82, 2.24) is 5.06 Å². The second-order valence-corrected chi connectivity index (χ2v) is 7.31. The van der Waals surface area contributed by atoms with Gasteiger partial charge in [0.05, 0.1) is 18.7 Å². The molecule has 1 heterocycles. The maximum absolute atomic E-state index is 12.0. The van der Waals surface area contributed by atoms with Gasteiger partial charge >= 0.3 is 5.97 Å². The normalized spacial score (nSPS) is 23.2. The molecule has 28 heavy (non-hydrogen) atoms. The van der Waals surface area contributed by atoms with E-state index in [0.717, 1.165) is 5.56 Å². The Kier molecular flexibility index (Phi) is 7.95. The van der Waals surface area contributed by atoms with E-state index in [0.29, 0.717) is 12.8 Å². The van der Waals surface area contributed by atoms with E-state index in [9.17, 15) is 9.90 Å². The molecule has 0 unspecified atom stereocenters. The molecule has 1 aromatic carbocycles. The summed E-state index contributed by atoms with van der Waals surface area (Å²) in [5.41, 5.74) is 0.983. The number of carbonyl (C=O) groups excluding carboxylic acids is 1. The molecule has 1 N–H and O–H groups in total. The predicted molar refractivity (Wildman–Crippen MR) is 107 cm³/mol. The van der Waals surface area contributed by atoms with Gasteiger partial charge in [0.25, 0.3) is 0 Å². The Morgan fingerprint density at radius 1 is 1.25 bits per heavy atom. The van der Waals surface area contributed by atoms with Crippen molar-refractivity contribution < 1.29 is 24.2 Å². The Morgan fingerprint density at radius 3 is 2.43 bits per heavy atom. The Bertz CT molecular complexity index is 660. The average Bonchev–Trinajstić information content (AvgIpc) is 2.97. The fraction of sp³-hybridized carbons (Fsp3) is 0.500. The molecule has 1 aliphatic heterocycles. The van der Waals surface area contributed by atoms with Crippen LogP contribution in [-0.4, -0.2) is 46.8 Å². The number of nitrogens with zero attached hydrogens (tertiary/aromatic N) is 1. The molecule has 4 atom stereocenters. The minimum absolute atomic E-state index is 0.201. The molecule has 1 fully saturated rings. The number of benzene rings is 1. The van der Waals surface area contributed by atoms with Gasteiger partial charge in [-0.2, -0.15) is 0 Å². The first-order valence-electron chi connectivity index (χ1n) is 9.53. The molecule has 0 saturated carbocycles. The largest absolute Gasteiger partial charge is 0.394 e. The number of rotatable bonds is 10. The van der Waals surface area contributed by atoms with E-state index in [2.05, 4.69) is 13.2 Å². The van der Waals surface area contributed by atoms with E-state index >= 15 is 0 Å². The second kappa shape index (κ2) is 9.98. The second-order valence-electron chi connectivity index (χ2n) is 7.31. The van der Waals surface area contributed by atoms with Crippen LogP contribution in [0.2, 0.25) is 0 Å². The molecule has 154 valence electrons. The minimum atomic E-state index is -0.847. The SMILES string of the molecule is C=CC[C@H](c1ccccc1)N(OC(C)=O)[C@@H](CC=C)[C@@H]1OC(C)(C)O[C@@H]1CO. The van der Waals surface area contributed by atoms with Gasteiger partial charge in [0.2, 0.25) is 0 Å². The summed E-state index contributed by atoms with van der Waals surface area (Å²) in [7, 11) is 0. The molecule has 1 aromatic rings. The fourth-order valence-corrected chi connectivity index (χ4v) is 3.61. The zero-order chi connectivity index (χ0) is 20.7. The van der Waals surface area contributed by atoms with Crippen LogP contribution in [0.5, 0.6) is 0 Å². The quantitative estimate of drug-likeness (QED) is 0.488. The number of hydrogen-bond donors (Lipinski definition) is 1. The maximum Gasteiger partial charge on any atom is 0.322 e. The molecule has 0 amide bonds. The molecular formula is C22H31NO5. The summed E-state index contributed by atoms with van der Waals surface area (Å²) in [6.07, 6.45) is 3.53. The number of ether oxygens (including phenoxy) is 2. The highest BCUT2D eigenvalue weighted by atomic mass is 16.8. The summed E-state index contributed by atoms with van der Waals surface area (Å²) in [5.74, 6) is -1.28. The van der Waals surface area contributed by atoms with Crippen LogP contribution in [0.4, 0.5) is 0 Å². The standard InChI is InChI=1S/C22H31NO5/c1-6-11-18(17-13-9-8-10-14-17)23(28-16(3)25)19(12-7-2)21-20(15-24)26-22(4,5)27-21/h6-10,13-14,18-21,24H,1-2,11-12,15H2,3-5H3/t18-,19+,20-,21+/m1/s1. The molecule has 0 spiro atoms. The lowest BCUT2D eigenvalue weighted by Crippen LogP contribution is -2.50. The molecule has 0 aromatic heterocycles. The van der Waals surface area contributed by atoms with Crippen LogP contribution in [0.3, 0.4) is 0 Å². The van der Waals surface area contributed by atoms with E-state index in [4.69, 9.17) is 14.3 Å². The van der Waals surface area contributed by atoms with E-state index in [-0.39, 0.29) is 12.6 Å². The summed E-state index contributed by atoms with van der Waals surface area (Å²) in [5, 5.41) is 11.5. The Hall–Kier alpha value is -1.99. The van der Waals surface area contributed by atoms with Gasteiger partial charge in [-0.25, -0.2) is 0 Å². The highest BCUT2D eigenvalue weighted by molar-refractivity contribution is 5.65. The number of hydroxylamine groups is 2. The third-order valence-corrected chi connectivity index (χ3v) is 4.63. The molecule has 1 saturated heterocycles. The number of hydrogen-bond acceptors (Lipinski definition) is 6. The molecule has 2 rings (SSSR count). The molecule has 1 aliphatic rings. The van der Waals surface area contributed by atoms with Crippen LogP contribution < -0.4 is 0 Å². The lowest BCUT2D eigenvalue weighted by molar-refractivity contribution is -0.232. The van der Waals surface area contributed by atoms with Crippen molar-refractivity contribution >= 4 is 5.97 Å². The van der Waals surface area contributed by atoms with Crippen LogP contribution in [-0.2, 0) is 19.1 Å². The lowest BCUT2D eigenvalue weighted by atomic mass is 9.97. The van der Waals surface area contributed by atoms with E-state index in [1.807, 2.05) is 30.3 Å². The van der Waals surface area contributed by atoms with Crippen molar-refractivity contribution in [3.63, 3.8) is 0 Å². The fourth-order valence-electron chi connectivity index (χ4n) is 3.61. The molecule has 6 nitrogen and oxygen atoms in total. The number of carbonyl (C=O) groups is 1. The van der Waals surface area contributed by atoms with Crippen LogP contribution in [0, 0.1) is 0 Å². The van der Waals surface area contributed by atoms with Gasteiger partial charge in [0.15, 0.2) is 5.79 Å². The molecule has 0 bridgehead atoms. The lowest BCUT2D eigenvalue weighted by Gasteiger charge is -2.39. The summed E-state index contributed by atoms with van der Waals surface area (Å²) in [6, 6.07) is 9.11. The number of aliphatic hydroxyl groups excluding tert-OH is 1. The summed E-state index contributed by atoms with van der Waals surface area (Å²) in [4.78, 5) is 17.6. The minimum Gasteiger partial charge on any atom is -0.394 e. The zero-order valence-corrected chi connectivity index (χ0v) is 16.9. The molecule has 6 heteroatoms. The van der Waals surface area contributed by atoms with Crippen LogP contribution in [0.15, 0.2) is 55.6 Å². The maximum atomic E-state index is 12.0. The highest BCUT2D eigenvalue weighted by Gasteiger charge is 2.48. The molecule has 0 radical (unpaired) electrons. The smallest absolute Gasteiger partial charge is 0.322 e. The first kappa shape index (κ1) is 22.3. The Balaban J connectivity index is 2.47. The van der Waals surface area contributed by atoms with Crippen molar-refractivity contribution in [2.24, 2.45) is 0 Å². The van der Waals surface area contributed by atoms with Crippen LogP contribution in [0.1, 0.15) is 45.2 Å². The van der Waals surface area contributed by atoms with Crippen LogP contribution in [0.25, 0.3) is 0 Å². The molecule has 0 aliphatic carbocycles. The van der Waals surface area contributed by atoms with Crippen molar-refractivity contribution in [3.8, 4) is 0 Å². The average molecular weight is 389 g/mol. The summed E-state index contributed by atoms with van der Waals surface area (Å²) in [6.45, 7) is 12.5. The zero-order valence-electron chi connectivity index (χ0n) is 16.9. The third kappa shape index (κ3) is 5.52. The van der Waals surface area contributed by atoms with Gasteiger partial charge in [-0.1, -0.05) is 42.5 Å². The molecular weight excluding hydrogens is 358 g/mol. The van der Waals surface area contributed by atoms with E-state index in [1.54, 1.807) is 31.1 Å². The topological polar surface area (TPSA) is 68.2 Å². The van der Waals surface area contributed by atoms with Crippen molar-refractivity contribution in [1.29, 1.82) is 0 Å². The first-order chi connectivity index (χ1) is 13.3. The van der Waals surface area contributed by atoms with Crippen LogP contribution >= 0.6 is 0 Å². The van der Waals surface area contributed by atoms with Crippen molar-refractivity contribution in [3.05, 3.63) is 61.2 Å². The number of aliphatic hydroxyl groups is 1.